The third-order valence-electron chi connectivity index (χ3n) is 4.23. The van der Waals surface area contributed by atoms with Crippen molar-refractivity contribution in [1.82, 2.24) is 4.90 Å². The van der Waals surface area contributed by atoms with E-state index in [4.69, 9.17) is 15.5 Å². The molecule has 0 radical (unpaired) electrons. The van der Waals surface area contributed by atoms with Crippen molar-refractivity contribution < 1.29 is 4.74 Å². The van der Waals surface area contributed by atoms with Crippen LogP contribution < -0.4 is 5.73 Å². The molecular weight excluding hydrogens is 250 g/mol. The largest absolute Gasteiger partial charge is 0.397 e. The van der Waals surface area contributed by atoms with Gasteiger partial charge in [0, 0.05) is 19.0 Å². The molecule has 1 heterocycles. The van der Waals surface area contributed by atoms with Crippen LogP contribution in [0, 0.1) is 5.92 Å². The maximum absolute atomic E-state index is 6.05. The molecule has 1 aromatic carbocycles. The number of rotatable bonds is 2. The van der Waals surface area contributed by atoms with Gasteiger partial charge in [0.1, 0.15) is 5.84 Å². The Morgan fingerprint density at radius 1 is 1.15 bits per heavy atom. The zero-order valence-corrected chi connectivity index (χ0v) is 11.9. The first-order valence-corrected chi connectivity index (χ1v) is 7.60. The average Bonchev–Trinajstić information content (AvgIpc) is 3.01. The van der Waals surface area contributed by atoms with Crippen LogP contribution in [0.15, 0.2) is 29.3 Å². The summed E-state index contributed by atoms with van der Waals surface area (Å²) in [7, 11) is 0. The van der Waals surface area contributed by atoms with E-state index in [0.29, 0.717) is 5.92 Å². The minimum atomic E-state index is 0.590. The van der Waals surface area contributed by atoms with E-state index in [1.807, 2.05) is 24.3 Å². The molecule has 2 N–H and O–H groups in total. The first-order chi connectivity index (χ1) is 9.84. The van der Waals surface area contributed by atoms with Gasteiger partial charge in [0.15, 0.2) is 0 Å². The van der Waals surface area contributed by atoms with Crippen LogP contribution >= 0.6 is 0 Å². The van der Waals surface area contributed by atoms with Crippen molar-refractivity contribution in [2.24, 2.45) is 10.9 Å². The molecule has 1 saturated carbocycles. The second-order valence-electron chi connectivity index (χ2n) is 5.61. The SMILES string of the molecule is Nc1ccccc1N=C(C1CCCC1)N1CCOCC1. The van der Waals surface area contributed by atoms with E-state index in [1.54, 1.807) is 0 Å². The van der Waals surface area contributed by atoms with Crippen LogP contribution in [0.25, 0.3) is 0 Å². The number of benzene rings is 1. The molecule has 1 aromatic rings. The number of amidine groups is 1. The average molecular weight is 273 g/mol. The standard InChI is InChI=1S/C16H23N3O/c17-14-7-3-4-8-15(14)18-16(13-5-1-2-6-13)19-9-11-20-12-10-19/h3-4,7-8,13H,1-2,5-6,9-12,17H2. The molecule has 0 bridgehead atoms. The molecule has 3 rings (SSSR count). The van der Waals surface area contributed by atoms with Crippen LogP contribution in [0.5, 0.6) is 0 Å². The topological polar surface area (TPSA) is 50.8 Å². The van der Waals surface area contributed by atoms with Crippen molar-refractivity contribution >= 4 is 17.2 Å². The van der Waals surface area contributed by atoms with Crippen molar-refractivity contribution in [2.75, 3.05) is 32.0 Å². The highest BCUT2D eigenvalue weighted by atomic mass is 16.5. The summed E-state index contributed by atoms with van der Waals surface area (Å²) >= 11 is 0. The Labute approximate surface area is 120 Å². The number of anilines is 1. The lowest BCUT2D eigenvalue weighted by Crippen LogP contribution is -2.43. The van der Waals surface area contributed by atoms with E-state index in [9.17, 15) is 0 Å². The monoisotopic (exact) mass is 273 g/mol. The molecule has 1 aliphatic heterocycles. The molecule has 0 atom stereocenters. The van der Waals surface area contributed by atoms with Gasteiger partial charge < -0.3 is 15.4 Å². The molecule has 0 spiro atoms. The molecule has 0 unspecified atom stereocenters. The molecule has 0 amide bonds. The van der Waals surface area contributed by atoms with Crippen molar-refractivity contribution in [3.63, 3.8) is 0 Å². The molecule has 1 aliphatic carbocycles. The Balaban J connectivity index is 1.89. The summed E-state index contributed by atoms with van der Waals surface area (Å²) in [6.07, 6.45) is 5.14. The van der Waals surface area contributed by atoms with Crippen LogP contribution in [0.1, 0.15) is 25.7 Å². The lowest BCUT2D eigenvalue weighted by atomic mass is 10.1. The summed E-state index contributed by atoms with van der Waals surface area (Å²) in [5, 5.41) is 0. The molecular formula is C16H23N3O. The smallest absolute Gasteiger partial charge is 0.108 e. The Bertz CT molecular complexity index is 474. The van der Waals surface area contributed by atoms with Crippen molar-refractivity contribution in [3.8, 4) is 0 Å². The third kappa shape index (κ3) is 2.96. The molecule has 4 heteroatoms. The number of hydrogen-bond donors (Lipinski definition) is 1. The zero-order valence-electron chi connectivity index (χ0n) is 11.9. The van der Waals surface area contributed by atoms with Gasteiger partial charge in [0.25, 0.3) is 0 Å². The van der Waals surface area contributed by atoms with Crippen LogP contribution in [-0.4, -0.2) is 37.0 Å². The number of hydrogen-bond acceptors (Lipinski definition) is 3. The predicted octanol–water partition coefficient (Wildman–Crippen LogP) is 2.82. The summed E-state index contributed by atoms with van der Waals surface area (Å²) in [5.74, 6) is 1.82. The maximum atomic E-state index is 6.05. The first kappa shape index (κ1) is 13.4. The minimum absolute atomic E-state index is 0.590. The normalized spacial score (nSPS) is 21.4. The van der Waals surface area contributed by atoms with E-state index >= 15 is 0 Å². The number of nitrogens with zero attached hydrogens (tertiary/aromatic N) is 2. The number of aliphatic imine (C=N–C) groups is 1. The minimum Gasteiger partial charge on any atom is -0.397 e. The quantitative estimate of drug-likeness (QED) is 0.512. The molecule has 4 nitrogen and oxygen atoms in total. The van der Waals surface area contributed by atoms with Crippen LogP contribution in [0.4, 0.5) is 11.4 Å². The van der Waals surface area contributed by atoms with Gasteiger partial charge in [0.2, 0.25) is 0 Å². The Hall–Kier alpha value is -1.55. The zero-order chi connectivity index (χ0) is 13.8. The number of nitrogen functional groups attached to an aromatic ring is 1. The Morgan fingerprint density at radius 3 is 2.55 bits per heavy atom. The summed E-state index contributed by atoms with van der Waals surface area (Å²) in [6, 6.07) is 7.88. The molecule has 108 valence electrons. The van der Waals surface area contributed by atoms with Crippen molar-refractivity contribution in [3.05, 3.63) is 24.3 Å². The lowest BCUT2D eigenvalue weighted by Gasteiger charge is -2.32. The second kappa shape index (κ2) is 6.27. The van der Waals surface area contributed by atoms with Gasteiger partial charge in [-0.1, -0.05) is 25.0 Å². The van der Waals surface area contributed by atoms with Crippen molar-refractivity contribution in [2.45, 2.75) is 25.7 Å². The highest BCUT2D eigenvalue weighted by Crippen LogP contribution is 2.30. The van der Waals surface area contributed by atoms with E-state index in [2.05, 4.69) is 4.90 Å². The lowest BCUT2D eigenvalue weighted by molar-refractivity contribution is 0.0659. The van der Waals surface area contributed by atoms with Gasteiger partial charge in [0.05, 0.1) is 24.6 Å². The highest BCUT2D eigenvalue weighted by molar-refractivity contribution is 5.88. The van der Waals surface area contributed by atoms with Crippen LogP contribution in [0.2, 0.25) is 0 Å². The van der Waals surface area contributed by atoms with Crippen LogP contribution in [0.3, 0.4) is 0 Å². The molecule has 2 aliphatic rings. The molecule has 20 heavy (non-hydrogen) atoms. The van der Waals surface area contributed by atoms with Crippen LogP contribution in [-0.2, 0) is 4.74 Å². The predicted molar refractivity (Wildman–Crippen MR) is 82.3 cm³/mol. The second-order valence-corrected chi connectivity index (χ2v) is 5.61. The van der Waals surface area contributed by atoms with Gasteiger partial charge in [-0.05, 0) is 25.0 Å². The van der Waals surface area contributed by atoms with Gasteiger partial charge >= 0.3 is 0 Å². The maximum Gasteiger partial charge on any atom is 0.108 e. The van der Waals surface area contributed by atoms with Gasteiger partial charge in [-0.2, -0.15) is 0 Å². The number of ether oxygens (including phenoxy) is 1. The van der Waals surface area contributed by atoms with E-state index < -0.39 is 0 Å². The first-order valence-electron chi connectivity index (χ1n) is 7.60. The summed E-state index contributed by atoms with van der Waals surface area (Å²) in [5.41, 5.74) is 7.71. The van der Waals surface area contributed by atoms with E-state index in [1.165, 1.54) is 31.5 Å². The van der Waals surface area contributed by atoms with Gasteiger partial charge in [-0.3, -0.25) is 0 Å². The van der Waals surface area contributed by atoms with Gasteiger partial charge in [-0.25, -0.2) is 4.99 Å². The number of nitrogens with two attached hydrogens (primary N) is 1. The Kier molecular flexibility index (Phi) is 4.21. The highest BCUT2D eigenvalue weighted by Gasteiger charge is 2.26. The third-order valence-corrected chi connectivity index (χ3v) is 4.23. The Morgan fingerprint density at radius 2 is 1.85 bits per heavy atom. The number of morpholine rings is 1. The van der Waals surface area contributed by atoms with Crippen molar-refractivity contribution in [1.29, 1.82) is 0 Å². The fourth-order valence-corrected chi connectivity index (χ4v) is 3.11. The van der Waals surface area contributed by atoms with Gasteiger partial charge in [-0.15, -0.1) is 0 Å². The summed E-state index contributed by atoms with van der Waals surface area (Å²) in [6.45, 7) is 3.50. The fourth-order valence-electron chi connectivity index (χ4n) is 3.11. The van der Waals surface area contributed by atoms with E-state index in [0.717, 1.165) is 37.7 Å². The molecule has 1 saturated heterocycles. The summed E-state index contributed by atoms with van der Waals surface area (Å²) in [4.78, 5) is 7.32. The summed E-state index contributed by atoms with van der Waals surface area (Å²) < 4.78 is 5.47. The fraction of sp³-hybridized carbons (Fsp3) is 0.562. The molecule has 0 aromatic heterocycles. The number of para-hydroxylation sites is 2. The molecule has 2 fully saturated rings. The van der Waals surface area contributed by atoms with E-state index in [-0.39, 0.29) is 0 Å².